The van der Waals surface area contributed by atoms with Crippen LogP contribution < -0.4 is 20.9 Å². The zero-order chi connectivity index (χ0) is 17.5. The molecule has 2 rings (SSSR count). The lowest BCUT2D eigenvalue weighted by Crippen LogP contribution is -2.48. The molecular weight excluding hydrogens is 326 g/mol. The molecule has 2 aromatic rings. The Morgan fingerprint density at radius 1 is 0.917 bits per heavy atom. The Morgan fingerprint density at radius 3 is 2.21 bits per heavy atom. The van der Waals surface area contributed by atoms with Gasteiger partial charge in [0.25, 0.3) is 11.8 Å². The van der Waals surface area contributed by atoms with Crippen LogP contribution in [0.25, 0.3) is 0 Å². The maximum absolute atomic E-state index is 12.2. The van der Waals surface area contributed by atoms with Crippen LogP contribution in [0, 0.1) is 6.92 Å². The van der Waals surface area contributed by atoms with Crippen molar-refractivity contribution < 1.29 is 14.3 Å². The molecule has 0 aliphatic rings. The molecule has 6 nitrogen and oxygen atoms in total. The van der Waals surface area contributed by atoms with E-state index in [2.05, 4.69) is 16.2 Å². The zero-order valence-corrected chi connectivity index (χ0v) is 14.1. The third kappa shape index (κ3) is 4.30. The van der Waals surface area contributed by atoms with Crippen molar-refractivity contribution in [3.63, 3.8) is 0 Å². The van der Waals surface area contributed by atoms with Crippen molar-refractivity contribution >= 4 is 29.1 Å². The molecule has 0 bridgehead atoms. The maximum Gasteiger partial charge on any atom is 0.269 e. The normalized spacial score (nSPS) is 9.75. The SMILES string of the molecule is COc1ccccc1C(=O)NC(=S)NNC(=O)c1ccccc1C. The third-order valence-corrected chi connectivity index (χ3v) is 3.46. The van der Waals surface area contributed by atoms with E-state index in [0.717, 1.165) is 5.56 Å². The molecule has 0 aliphatic carbocycles. The van der Waals surface area contributed by atoms with Crippen LogP contribution in [-0.2, 0) is 0 Å². The Labute approximate surface area is 145 Å². The topological polar surface area (TPSA) is 79.5 Å². The predicted octanol–water partition coefficient (Wildman–Crippen LogP) is 1.95. The summed E-state index contributed by atoms with van der Waals surface area (Å²) in [6, 6.07) is 13.9. The summed E-state index contributed by atoms with van der Waals surface area (Å²) in [6.45, 7) is 1.83. The van der Waals surface area contributed by atoms with Gasteiger partial charge in [0.2, 0.25) is 0 Å². The van der Waals surface area contributed by atoms with E-state index in [1.54, 1.807) is 36.4 Å². The molecule has 2 aromatic carbocycles. The molecule has 0 atom stereocenters. The number of ether oxygens (including phenoxy) is 1. The summed E-state index contributed by atoms with van der Waals surface area (Å²) in [5, 5.41) is 2.46. The van der Waals surface area contributed by atoms with Crippen LogP contribution in [0.2, 0.25) is 0 Å². The highest BCUT2D eigenvalue weighted by Crippen LogP contribution is 2.16. The van der Waals surface area contributed by atoms with Gasteiger partial charge < -0.3 is 4.74 Å². The number of carbonyl (C=O) groups is 2. The van der Waals surface area contributed by atoms with Crippen molar-refractivity contribution in [3.05, 3.63) is 65.2 Å². The van der Waals surface area contributed by atoms with Crippen molar-refractivity contribution in [2.24, 2.45) is 0 Å². The first kappa shape index (κ1) is 17.4. The van der Waals surface area contributed by atoms with Crippen LogP contribution in [0.3, 0.4) is 0 Å². The summed E-state index contributed by atoms with van der Waals surface area (Å²) in [4.78, 5) is 24.2. The fourth-order valence-corrected chi connectivity index (χ4v) is 2.19. The minimum atomic E-state index is -0.435. The number of hydrogen-bond donors (Lipinski definition) is 3. The molecule has 0 aliphatic heterocycles. The average molecular weight is 343 g/mol. The van der Waals surface area contributed by atoms with Gasteiger partial charge in [0.1, 0.15) is 5.75 Å². The minimum Gasteiger partial charge on any atom is -0.496 e. The van der Waals surface area contributed by atoms with Crippen molar-refractivity contribution in [3.8, 4) is 5.75 Å². The van der Waals surface area contributed by atoms with Crippen molar-refractivity contribution in [1.82, 2.24) is 16.2 Å². The summed E-state index contributed by atoms with van der Waals surface area (Å²) in [5.41, 5.74) is 6.65. The fraction of sp³-hybridized carbons (Fsp3) is 0.118. The van der Waals surface area contributed by atoms with Gasteiger partial charge in [-0.05, 0) is 42.9 Å². The molecule has 0 aromatic heterocycles. The van der Waals surface area contributed by atoms with E-state index in [1.165, 1.54) is 7.11 Å². The van der Waals surface area contributed by atoms with Crippen molar-refractivity contribution in [2.45, 2.75) is 6.92 Å². The smallest absolute Gasteiger partial charge is 0.269 e. The largest absolute Gasteiger partial charge is 0.496 e. The van der Waals surface area contributed by atoms with Crippen LogP contribution in [0.5, 0.6) is 5.75 Å². The number of nitrogens with one attached hydrogen (secondary N) is 3. The maximum atomic E-state index is 12.2. The van der Waals surface area contributed by atoms with E-state index in [-0.39, 0.29) is 11.0 Å². The molecule has 0 saturated carbocycles. The standard InChI is InChI=1S/C17H17N3O3S/c1-11-7-3-4-8-12(11)16(22)19-20-17(24)18-15(21)13-9-5-6-10-14(13)23-2/h3-10H,1-2H3,(H,19,22)(H2,18,20,21,24). The van der Waals surface area contributed by atoms with E-state index >= 15 is 0 Å². The number of benzene rings is 2. The number of aryl methyl sites for hydroxylation is 1. The predicted molar refractivity (Wildman–Crippen MR) is 94.8 cm³/mol. The lowest BCUT2D eigenvalue weighted by Gasteiger charge is -2.13. The van der Waals surface area contributed by atoms with Crippen LogP contribution in [0.15, 0.2) is 48.5 Å². The minimum absolute atomic E-state index is 0.0205. The molecule has 0 saturated heterocycles. The molecular formula is C17H17N3O3S. The number of methoxy groups -OCH3 is 1. The van der Waals surface area contributed by atoms with Crippen LogP contribution in [-0.4, -0.2) is 24.0 Å². The van der Waals surface area contributed by atoms with Gasteiger partial charge in [0, 0.05) is 5.56 Å². The number of hydrazine groups is 1. The first-order valence-electron chi connectivity index (χ1n) is 7.13. The van der Waals surface area contributed by atoms with Gasteiger partial charge in [-0.3, -0.25) is 25.8 Å². The van der Waals surface area contributed by atoms with Gasteiger partial charge in [0.15, 0.2) is 5.11 Å². The Balaban J connectivity index is 1.93. The molecule has 7 heteroatoms. The van der Waals surface area contributed by atoms with E-state index < -0.39 is 5.91 Å². The van der Waals surface area contributed by atoms with Crippen LogP contribution in [0.1, 0.15) is 26.3 Å². The quantitative estimate of drug-likeness (QED) is 0.586. The number of hydrogen-bond acceptors (Lipinski definition) is 4. The number of amides is 2. The lowest BCUT2D eigenvalue weighted by atomic mass is 10.1. The highest BCUT2D eigenvalue weighted by atomic mass is 32.1. The molecule has 3 N–H and O–H groups in total. The van der Waals surface area contributed by atoms with E-state index in [1.807, 2.05) is 19.1 Å². The number of rotatable bonds is 3. The number of thiocarbonyl (C=S) groups is 1. The second-order valence-electron chi connectivity index (χ2n) is 4.88. The second kappa shape index (κ2) is 8.07. The van der Waals surface area contributed by atoms with E-state index in [4.69, 9.17) is 17.0 Å². The zero-order valence-electron chi connectivity index (χ0n) is 13.3. The molecule has 0 heterocycles. The van der Waals surface area contributed by atoms with Gasteiger partial charge in [-0.2, -0.15) is 0 Å². The van der Waals surface area contributed by atoms with Gasteiger partial charge >= 0.3 is 0 Å². The van der Waals surface area contributed by atoms with E-state index in [9.17, 15) is 9.59 Å². The van der Waals surface area contributed by atoms with Crippen molar-refractivity contribution in [2.75, 3.05) is 7.11 Å². The summed E-state index contributed by atoms with van der Waals surface area (Å²) in [7, 11) is 1.48. The molecule has 24 heavy (non-hydrogen) atoms. The fourth-order valence-electron chi connectivity index (χ4n) is 2.04. The highest BCUT2D eigenvalue weighted by Gasteiger charge is 2.13. The van der Waals surface area contributed by atoms with Crippen LogP contribution in [0.4, 0.5) is 0 Å². The molecule has 124 valence electrons. The highest BCUT2D eigenvalue weighted by molar-refractivity contribution is 7.80. The summed E-state index contributed by atoms with van der Waals surface area (Å²) in [6.07, 6.45) is 0. The Hall–Kier alpha value is -2.93. The lowest BCUT2D eigenvalue weighted by molar-refractivity contribution is 0.0933. The van der Waals surface area contributed by atoms with Gasteiger partial charge in [-0.25, -0.2) is 0 Å². The third-order valence-electron chi connectivity index (χ3n) is 3.26. The first-order valence-corrected chi connectivity index (χ1v) is 7.54. The monoisotopic (exact) mass is 343 g/mol. The summed E-state index contributed by atoms with van der Waals surface area (Å²) >= 11 is 5.01. The molecule has 0 radical (unpaired) electrons. The van der Waals surface area contributed by atoms with Gasteiger partial charge in [-0.15, -0.1) is 0 Å². The van der Waals surface area contributed by atoms with Crippen molar-refractivity contribution in [1.29, 1.82) is 0 Å². The Bertz CT molecular complexity index is 777. The number of para-hydroxylation sites is 1. The number of carbonyl (C=O) groups excluding carboxylic acids is 2. The second-order valence-corrected chi connectivity index (χ2v) is 5.29. The molecule has 0 spiro atoms. The Morgan fingerprint density at radius 2 is 1.54 bits per heavy atom. The average Bonchev–Trinajstić information content (AvgIpc) is 2.60. The molecule has 0 unspecified atom stereocenters. The van der Waals surface area contributed by atoms with Crippen LogP contribution >= 0.6 is 12.2 Å². The van der Waals surface area contributed by atoms with Gasteiger partial charge in [0.05, 0.1) is 12.7 Å². The van der Waals surface area contributed by atoms with Gasteiger partial charge in [-0.1, -0.05) is 30.3 Å². The Kier molecular flexibility index (Phi) is 5.86. The summed E-state index contributed by atoms with van der Waals surface area (Å²) in [5.74, 6) is -0.348. The molecule has 2 amide bonds. The van der Waals surface area contributed by atoms with E-state index in [0.29, 0.717) is 16.9 Å². The summed E-state index contributed by atoms with van der Waals surface area (Å²) < 4.78 is 5.12. The first-order chi connectivity index (χ1) is 11.5. The molecule has 0 fully saturated rings.